The minimum absolute atomic E-state index is 0.355. The third kappa shape index (κ3) is 1.78. The third-order valence-corrected chi connectivity index (χ3v) is 3.62. The molecule has 2 heteroatoms. The molecular formula is C11H19NO. The number of fused-ring (bicyclic) bond motifs is 2. The Bertz CT molecular complexity index is 212. The molecule has 0 saturated heterocycles. The first-order valence-corrected chi connectivity index (χ1v) is 5.34. The maximum absolute atomic E-state index is 11.8. The maximum Gasteiger partial charge on any atom is 0.137 e. The molecule has 2 nitrogen and oxygen atoms in total. The minimum Gasteiger partial charge on any atom is -0.309 e. The Morgan fingerprint density at radius 3 is 2.85 bits per heavy atom. The van der Waals surface area contributed by atoms with Crippen LogP contribution in [0, 0.1) is 17.8 Å². The van der Waals surface area contributed by atoms with Gasteiger partial charge in [0.1, 0.15) is 5.78 Å². The molecule has 2 aliphatic rings. The van der Waals surface area contributed by atoms with Crippen molar-refractivity contribution in [2.45, 2.75) is 25.7 Å². The van der Waals surface area contributed by atoms with Gasteiger partial charge in [-0.15, -0.1) is 0 Å². The highest BCUT2D eigenvalue weighted by atomic mass is 16.1. The van der Waals surface area contributed by atoms with Gasteiger partial charge >= 0.3 is 0 Å². The van der Waals surface area contributed by atoms with E-state index in [0.29, 0.717) is 17.6 Å². The molecular weight excluding hydrogens is 162 g/mol. The molecule has 2 fully saturated rings. The standard InChI is InChI=1S/C11H19NO/c1-12(2)7-10-9-4-3-8(5-9)6-11(10)13/h8-10H,3-7H2,1-2H3/t8-,9-,10-/m0/s1. The van der Waals surface area contributed by atoms with E-state index in [4.69, 9.17) is 0 Å². The van der Waals surface area contributed by atoms with Crippen molar-refractivity contribution in [1.29, 1.82) is 0 Å². The summed E-state index contributed by atoms with van der Waals surface area (Å²) in [6.07, 6.45) is 4.80. The van der Waals surface area contributed by atoms with E-state index in [1.165, 1.54) is 19.3 Å². The molecule has 2 aliphatic carbocycles. The Kier molecular flexibility index (Phi) is 2.41. The maximum atomic E-state index is 11.8. The van der Waals surface area contributed by atoms with E-state index in [-0.39, 0.29) is 0 Å². The first-order valence-electron chi connectivity index (χ1n) is 5.34. The molecule has 13 heavy (non-hydrogen) atoms. The summed E-state index contributed by atoms with van der Waals surface area (Å²) in [4.78, 5) is 13.9. The number of carbonyl (C=O) groups is 1. The molecule has 0 aromatic carbocycles. The van der Waals surface area contributed by atoms with Gasteiger partial charge in [0.2, 0.25) is 0 Å². The lowest BCUT2D eigenvalue weighted by molar-refractivity contribution is -0.127. The number of hydrogen-bond acceptors (Lipinski definition) is 2. The van der Waals surface area contributed by atoms with Gasteiger partial charge in [0.05, 0.1) is 0 Å². The van der Waals surface area contributed by atoms with Gasteiger partial charge < -0.3 is 4.90 Å². The fraction of sp³-hybridized carbons (Fsp3) is 0.909. The highest BCUT2D eigenvalue weighted by molar-refractivity contribution is 5.82. The fourth-order valence-corrected chi connectivity index (χ4v) is 3.01. The smallest absolute Gasteiger partial charge is 0.137 e. The molecule has 0 N–H and O–H groups in total. The van der Waals surface area contributed by atoms with Gasteiger partial charge in [0, 0.05) is 18.9 Å². The van der Waals surface area contributed by atoms with Crippen LogP contribution in [0.15, 0.2) is 0 Å². The van der Waals surface area contributed by atoms with Crippen molar-refractivity contribution in [3.05, 3.63) is 0 Å². The summed E-state index contributed by atoms with van der Waals surface area (Å²) in [6.45, 7) is 0.968. The Morgan fingerprint density at radius 2 is 2.15 bits per heavy atom. The zero-order valence-electron chi connectivity index (χ0n) is 8.62. The zero-order valence-corrected chi connectivity index (χ0v) is 8.62. The molecule has 2 saturated carbocycles. The van der Waals surface area contributed by atoms with Crippen LogP contribution in [0.1, 0.15) is 25.7 Å². The second kappa shape index (κ2) is 3.41. The van der Waals surface area contributed by atoms with Crippen molar-refractivity contribution < 1.29 is 4.79 Å². The Balaban J connectivity index is 2.03. The number of Topliss-reactive ketones (excluding diaryl/α,β-unsaturated/α-hetero) is 1. The summed E-state index contributed by atoms with van der Waals surface area (Å²) >= 11 is 0. The Labute approximate surface area is 80.3 Å². The SMILES string of the molecule is CN(C)C[C@@H]1C(=O)C[C@H]2CC[C@H]1C2. The number of rotatable bonds is 2. The molecule has 0 unspecified atom stereocenters. The topological polar surface area (TPSA) is 20.3 Å². The summed E-state index contributed by atoms with van der Waals surface area (Å²) in [6, 6.07) is 0. The highest BCUT2D eigenvalue weighted by Gasteiger charge is 2.40. The van der Waals surface area contributed by atoms with Crippen LogP contribution in [-0.4, -0.2) is 31.3 Å². The quantitative estimate of drug-likeness (QED) is 0.644. The second-order valence-electron chi connectivity index (χ2n) is 4.98. The first kappa shape index (κ1) is 9.20. The molecule has 0 spiro atoms. The average molecular weight is 181 g/mol. The molecule has 0 aromatic heterocycles. The van der Waals surface area contributed by atoms with Crippen LogP contribution in [-0.2, 0) is 4.79 Å². The number of ketones is 1. The van der Waals surface area contributed by atoms with Crippen molar-refractivity contribution >= 4 is 5.78 Å². The van der Waals surface area contributed by atoms with Crippen molar-refractivity contribution in [2.24, 2.45) is 17.8 Å². The summed E-state index contributed by atoms with van der Waals surface area (Å²) in [5.74, 6) is 2.35. The van der Waals surface area contributed by atoms with Crippen molar-refractivity contribution in [2.75, 3.05) is 20.6 Å². The van der Waals surface area contributed by atoms with Gasteiger partial charge in [-0.25, -0.2) is 0 Å². The van der Waals surface area contributed by atoms with Gasteiger partial charge in [-0.3, -0.25) is 4.79 Å². The van der Waals surface area contributed by atoms with Crippen LogP contribution in [0.2, 0.25) is 0 Å². The summed E-state index contributed by atoms with van der Waals surface area (Å²) < 4.78 is 0. The minimum atomic E-state index is 0.355. The third-order valence-electron chi connectivity index (χ3n) is 3.62. The van der Waals surface area contributed by atoms with E-state index in [0.717, 1.165) is 18.9 Å². The average Bonchev–Trinajstić information content (AvgIpc) is 2.42. The summed E-state index contributed by atoms with van der Waals surface area (Å²) in [7, 11) is 4.13. The van der Waals surface area contributed by atoms with E-state index in [2.05, 4.69) is 19.0 Å². The van der Waals surface area contributed by atoms with Crippen molar-refractivity contribution in [3.8, 4) is 0 Å². The Morgan fingerprint density at radius 1 is 1.38 bits per heavy atom. The number of carbonyl (C=O) groups excluding carboxylic acids is 1. The molecule has 0 amide bonds. The number of nitrogens with zero attached hydrogens (tertiary/aromatic N) is 1. The van der Waals surface area contributed by atoms with Gasteiger partial charge in [0.25, 0.3) is 0 Å². The first-order chi connectivity index (χ1) is 6.16. The summed E-state index contributed by atoms with van der Waals surface area (Å²) in [5.41, 5.74) is 0. The highest BCUT2D eigenvalue weighted by Crippen LogP contribution is 2.43. The predicted octanol–water partition coefficient (Wildman–Crippen LogP) is 1.55. The molecule has 0 radical (unpaired) electrons. The normalized spacial score (nSPS) is 38.7. The van der Waals surface area contributed by atoms with Crippen LogP contribution in [0.3, 0.4) is 0 Å². The van der Waals surface area contributed by atoms with Gasteiger partial charge in [-0.05, 0) is 45.2 Å². The van der Waals surface area contributed by atoms with Crippen molar-refractivity contribution in [1.82, 2.24) is 4.90 Å². The largest absolute Gasteiger partial charge is 0.309 e. The van der Waals surface area contributed by atoms with E-state index in [1.54, 1.807) is 0 Å². The van der Waals surface area contributed by atoms with Crippen LogP contribution in [0.4, 0.5) is 0 Å². The van der Waals surface area contributed by atoms with Gasteiger partial charge in [0.15, 0.2) is 0 Å². The molecule has 0 aromatic rings. The molecule has 0 aliphatic heterocycles. The van der Waals surface area contributed by atoms with E-state index >= 15 is 0 Å². The monoisotopic (exact) mass is 181 g/mol. The van der Waals surface area contributed by atoms with E-state index in [1.807, 2.05) is 0 Å². The number of hydrogen-bond donors (Lipinski definition) is 0. The lowest BCUT2D eigenvalue weighted by Crippen LogP contribution is -2.35. The van der Waals surface area contributed by atoms with Crippen LogP contribution in [0.25, 0.3) is 0 Å². The lowest BCUT2D eigenvalue weighted by Gasteiger charge is -2.29. The van der Waals surface area contributed by atoms with Crippen molar-refractivity contribution in [3.63, 3.8) is 0 Å². The summed E-state index contributed by atoms with van der Waals surface area (Å²) in [5, 5.41) is 0. The molecule has 3 atom stereocenters. The van der Waals surface area contributed by atoms with Crippen LogP contribution in [0.5, 0.6) is 0 Å². The van der Waals surface area contributed by atoms with Crippen LogP contribution < -0.4 is 0 Å². The van der Waals surface area contributed by atoms with Crippen LogP contribution >= 0.6 is 0 Å². The second-order valence-corrected chi connectivity index (χ2v) is 4.98. The molecule has 74 valence electrons. The zero-order chi connectivity index (χ0) is 9.42. The van der Waals surface area contributed by atoms with E-state index < -0.39 is 0 Å². The molecule has 0 heterocycles. The van der Waals surface area contributed by atoms with E-state index in [9.17, 15) is 4.79 Å². The van der Waals surface area contributed by atoms with Gasteiger partial charge in [-0.1, -0.05) is 0 Å². The van der Waals surface area contributed by atoms with Gasteiger partial charge in [-0.2, -0.15) is 0 Å². The fourth-order valence-electron chi connectivity index (χ4n) is 3.01. The lowest BCUT2D eigenvalue weighted by atomic mass is 9.79. The Hall–Kier alpha value is -0.370. The molecule has 2 bridgehead atoms. The predicted molar refractivity (Wildman–Crippen MR) is 52.5 cm³/mol. The molecule has 2 rings (SSSR count).